The second kappa shape index (κ2) is 3.54. The van der Waals surface area contributed by atoms with E-state index in [2.05, 4.69) is 21.8 Å². The summed E-state index contributed by atoms with van der Waals surface area (Å²) in [5.41, 5.74) is 0. The van der Waals surface area contributed by atoms with Crippen LogP contribution in [0.1, 0.15) is 6.42 Å². The molecule has 0 bridgehead atoms. The highest BCUT2D eigenvalue weighted by Crippen LogP contribution is 2.04. The van der Waals surface area contributed by atoms with Gasteiger partial charge in [0.1, 0.15) is 5.82 Å². The molecule has 3 heteroatoms. The van der Waals surface area contributed by atoms with E-state index in [1.54, 1.807) is 6.07 Å². The van der Waals surface area contributed by atoms with Crippen molar-refractivity contribution in [3.05, 3.63) is 24.4 Å². The average Bonchev–Trinajstić information content (AvgIpc) is 2.04. The van der Waals surface area contributed by atoms with Gasteiger partial charge in [0.2, 0.25) is 0 Å². The first-order valence-corrected chi connectivity index (χ1v) is 4.25. The summed E-state index contributed by atoms with van der Waals surface area (Å²) in [7, 11) is 0. The van der Waals surface area contributed by atoms with E-state index in [1.165, 1.54) is 6.42 Å². The van der Waals surface area contributed by atoms with Gasteiger partial charge < -0.3 is 10.6 Å². The van der Waals surface area contributed by atoms with Crippen molar-refractivity contribution in [3.63, 3.8) is 0 Å². The van der Waals surface area contributed by atoms with Crippen LogP contribution in [0.5, 0.6) is 0 Å². The van der Waals surface area contributed by atoms with Crippen LogP contribution in [0.15, 0.2) is 18.2 Å². The molecule has 63 valence electrons. The number of aromatic nitrogens is 1. The summed E-state index contributed by atoms with van der Waals surface area (Å²) in [4.78, 5) is 4.05. The quantitative estimate of drug-likeness (QED) is 0.685. The third-order valence-corrected chi connectivity index (χ3v) is 2.07. The Morgan fingerprint density at radius 1 is 1.75 bits per heavy atom. The van der Waals surface area contributed by atoms with Crippen molar-refractivity contribution in [2.45, 2.75) is 12.5 Å². The van der Waals surface area contributed by atoms with E-state index in [9.17, 15) is 0 Å². The van der Waals surface area contributed by atoms with E-state index in [0.29, 0.717) is 6.04 Å². The second-order valence-electron chi connectivity index (χ2n) is 2.97. The lowest BCUT2D eigenvalue weighted by atomic mass is 10.1. The van der Waals surface area contributed by atoms with Crippen molar-refractivity contribution >= 4 is 5.82 Å². The normalized spacial score (nSPS) is 21.5. The Bertz CT molecular complexity index is 231. The number of nitrogens with one attached hydrogen (secondary N) is 2. The van der Waals surface area contributed by atoms with Crippen LogP contribution < -0.4 is 10.6 Å². The molecule has 1 aromatic rings. The molecular formula is C9H12N3. The van der Waals surface area contributed by atoms with E-state index < -0.39 is 0 Å². The fourth-order valence-corrected chi connectivity index (χ4v) is 1.18. The lowest BCUT2D eigenvalue weighted by Gasteiger charge is -2.27. The summed E-state index contributed by atoms with van der Waals surface area (Å²) in [6.07, 6.45) is 4.06. The molecule has 0 unspecified atom stereocenters. The first-order valence-electron chi connectivity index (χ1n) is 4.25. The average molecular weight is 162 g/mol. The number of anilines is 1. The molecule has 0 aliphatic carbocycles. The zero-order valence-corrected chi connectivity index (χ0v) is 6.88. The van der Waals surface area contributed by atoms with E-state index in [4.69, 9.17) is 0 Å². The molecule has 1 aromatic heterocycles. The molecule has 2 N–H and O–H groups in total. The molecule has 0 aromatic carbocycles. The molecule has 1 aliphatic rings. The van der Waals surface area contributed by atoms with E-state index in [0.717, 1.165) is 18.9 Å². The number of rotatable bonds is 3. The lowest BCUT2D eigenvalue weighted by Crippen LogP contribution is -2.47. The zero-order chi connectivity index (χ0) is 8.23. The first-order chi connectivity index (χ1) is 5.95. The minimum atomic E-state index is 0.631. The number of nitrogens with zero attached hydrogens (tertiary/aromatic N) is 1. The number of hydrogen-bond donors (Lipinski definition) is 2. The molecule has 3 nitrogen and oxygen atoms in total. The van der Waals surface area contributed by atoms with Crippen LogP contribution in [0.4, 0.5) is 5.82 Å². The van der Waals surface area contributed by atoms with Gasteiger partial charge in [0, 0.05) is 12.6 Å². The predicted molar refractivity (Wildman–Crippen MR) is 48.0 cm³/mol. The summed E-state index contributed by atoms with van der Waals surface area (Å²) in [5.74, 6) is 0.909. The lowest BCUT2D eigenvalue weighted by molar-refractivity contribution is 0.386. The Labute approximate surface area is 72.2 Å². The van der Waals surface area contributed by atoms with Gasteiger partial charge in [-0.05, 0) is 25.1 Å². The second-order valence-corrected chi connectivity index (χ2v) is 2.97. The Balaban J connectivity index is 1.79. The van der Waals surface area contributed by atoms with Gasteiger partial charge >= 0.3 is 0 Å². The van der Waals surface area contributed by atoms with Gasteiger partial charge in [-0.25, -0.2) is 4.98 Å². The molecule has 2 rings (SSSR count). The minimum absolute atomic E-state index is 0.631. The maximum absolute atomic E-state index is 4.05. The Kier molecular flexibility index (Phi) is 2.23. The third kappa shape index (κ3) is 1.74. The fourth-order valence-electron chi connectivity index (χ4n) is 1.18. The smallest absolute Gasteiger partial charge is 0.126 e. The van der Waals surface area contributed by atoms with E-state index in [-0.39, 0.29) is 0 Å². The topological polar surface area (TPSA) is 37.0 Å². The van der Waals surface area contributed by atoms with Crippen LogP contribution in [0.3, 0.4) is 0 Å². The van der Waals surface area contributed by atoms with Gasteiger partial charge in [0.25, 0.3) is 0 Å². The van der Waals surface area contributed by atoms with Crippen molar-refractivity contribution in [2.24, 2.45) is 0 Å². The minimum Gasteiger partial charge on any atom is -0.368 e. The van der Waals surface area contributed by atoms with Gasteiger partial charge in [-0.1, -0.05) is 6.07 Å². The van der Waals surface area contributed by atoms with Crippen LogP contribution in [-0.2, 0) is 0 Å². The molecule has 2 heterocycles. The van der Waals surface area contributed by atoms with Crippen LogP contribution in [0, 0.1) is 6.20 Å². The molecule has 12 heavy (non-hydrogen) atoms. The Morgan fingerprint density at radius 3 is 3.25 bits per heavy atom. The summed E-state index contributed by atoms with van der Waals surface area (Å²) in [6, 6.07) is 6.32. The van der Waals surface area contributed by atoms with Crippen LogP contribution in [0.2, 0.25) is 0 Å². The van der Waals surface area contributed by atoms with Crippen molar-refractivity contribution in [1.29, 1.82) is 0 Å². The highest BCUT2D eigenvalue weighted by Gasteiger charge is 2.15. The molecule has 0 saturated carbocycles. The predicted octanol–water partition coefficient (Wildman–Crippen LogP) is 0.656. The maximum Gasteiger partial charge on any atom is 0.126 e. The van der Waals surface area contributed by atoms with Gasteiger partial charge in [0.05, 0.1) is 6.20 Å². The molecule has 1 atom stereocenters. The zero-order valence-electron chi connectivity index (χ0n) is 6.88. The number of hydrogen-bond acceptors (Lipinski definition) is 3. The molecule has 1 saturated heterocycles. The van der Waals surface area contributed by atoms with Crippen LogP contribution >= 0.6 is 0 Å². The van der Waals surface area contributed by atoms with Gasteiger partial charge in [-0.3, -0.25) is 0 Å². The van der Waals surface area contributed by atoms with E-state index >= 15 is 0 Å². The van der Waals surface area contributed by atoms with Gasteiger partial charge in [-0.2, -0.15) is 0 Å². The monoisotopic (exact) mass is 162 g/mol. The fraction of sp³-hybridized carbons (Fsp3) is 0.444. The van der Waals surface area contributed by atoms with Gasteiger partial charge in [0.15, 0.2) is 0 Å². The molecule has 1 aliphatic heterocycles. The summed E-state index contributed by atoms with van der Waals surface area (Å²) < 4.78 is 0. The van der Waals surface area contributed by atoms with Crippen molar-refractivity contribution in [2.75, 3.05) is 18.4 Å². The van der Waals surface area contributed by atoms with Gasteiger partial charge in [-0.15, -0.1) is 0 Å². The molecule has 1 fully saturated rings. The molecule has 1 radical (unpaired) electrons. The third-order valence-electron chi connectivity index (χ3n) is 2.07. The number of pyridine rings is 1. The SMILES string of the molecule is [c]1cccc(NC[C@@H]2CCN2)n1. The van der Waals surface area contributed by atoms with Crippen molar-refractivity contribution in [1.82, 2.24) is 10.3 Å². The Morgan fingerprint density at radius 2 is 2.67 bits per heavy atom. The highest BCUT2D eigenvalue weighted by atomic mass is 15.1. The molecule has 0 spiro atoms. The van der Waals surface area contributed by atoms with Crippen LogP contribution in [0.25, 0.3) is 0 Å². The summed E-state index contributed by atoms with van der Waals surface area (Å²) in [5, 5.41) is 6.56. The highest BCUT2D eigenvalue weighted by molar-refractivity contribution is 5.33. The standard InChI is InChI=1S/C9H12N3/c1-2-5-11-9(3-1)12-7-8-4-6-10-8/h1-3,8,10H,4,6-7H2,(H,11,12)/t8-/m0/s1. The van der Waals surface area contributed by atoms with Crippen LogP contribution in [-0.4, -0.2) is 24.1 Å². The largest absolute Gasteiger partial charge is 0.368 e. The van der Waals surface area contributed by atoms with Crippen molar-refractivity contribution < 1.29 is 0 Å². The first kappa shape index (κ1) is 7.55. The summed E-state index contributed by atoms with van der Waals surface area (Å²) >= 11 is 0. The maximum atomic E-state index is 4.05. The molecular weight excluding hydrogens is 150 g/mol. The summed E-state index contributed by atoms with van der Waals surface area (Å²) in [6.45, 7) is 2.12. The van der Waals surface area contributed by atoms with Crippen molar-refractivity contribution in [3.8, 4) is 0 Å². The van der Waals surface area contributed by atoms with E-state index in [1.807, 2.05) is 12.1 Å². The Hall–Kier alpha value is -1.09. The molecule has 0 amide bonds.